The largest absolute Gasteiger partial charge is 0.490 e. The summed E-state index contributed by atoms with van der Waals surface area (Å²) in [6.07, 6.45) is 3.87. The van der Waals surface area contributed by atoms with Gasteiger partial charge in [-0.25, -0.2) is 0 Å². The molecule has 0 saturated carbocycles. The lowest BCUT2D eigenvalue weighted by Crippen LogP contribution is -2.00. The van der Waals surface area contributed by atoms with E-state index in [1.807, 2.05) is 109 Å². The van der Waals surface area contributed by atoms with Crippen molar-refractivity contribution in [1.29, 1.82) is 0 Å². The maximum absolute atomic E-state index is 5.79. The number of ether oxygens (including phenoxy) is 2. The summed E-state index contributed by atoms with van der Waals surface area (Å²) in [5.74, 6) is 1.55. The molecule has 2 heterocycles. The predicted molar refractivity (Wildman–Crippen MR) is 138 cm³/mol. The van der Waals surface area contributed by atoms with Crippen molar-refractivity contribution in [3.8, 4) is 22.9 Å². The number of benzene rings is 4. The maximum atomic E-state index is 5.79. The average molecular weight is 475 g/mol. The Labute approximate surface area is 207 Å². The Balaban J connectivity index is 0.976. The zero-order chi connectivity index (χ0) is 24.2. The summed E-state index contributed by atoms with van der Waals surface area (Å²) in [6, 6.07) is 31.0. The molecule has 0 unspecified atom stereocenters. The van der Waals surface area contributed by atoms with Crippen molar-refractivity contribution in [2.45, 2.75) is 0 Å². The molecule has 176 valence electrons. The Morgan fingerprint density at radius 2 is 0.806 bits per heavy atom. The highest BCUT2D eigenvalue weighted by molar-refractivity contribution is 5.74. The lowest BCUT2D eigenvalue weighted by atomic mass is 10.3. The van der Waals surface area contributed by atoms with Gasteiger partial charge in [0.25, 0.3) is 0 Å². The van der Waals surface area contributed by atoms with Crippen LogP contribution in [0.3, 0.4) is 0 Å². The molecule has 0 N–H and O–H groups in total. The highest BCUT2D eigenvalue weighted by atomic mass is 16.5. The number of aromatic nitrogens is 6. The Morgan fingerprint density at radius 3 is 1.14 bits per heavy atom. The fourth-order valence-electron chi connectivity index (χ4n) is 3.73. The molecule has 0 aliphatic carbocycles. The van der Waals surface area contributed by atoms with E-state index in [0.29, 0.717) is 13.2 Å². The Bertz CT molecular complexity index is 1450. The summed E-state index contributed by atoms with van der Waals surface area (Å²) in [4.78, 5) is 3.26. The van der Waals surface area contributed by atoms with Gasteiger partial charge in [0.2, 0.25) is 0 Å². The molecule has 36 heavy (non-hydrogen) atoms. The summed E-state index contributed by atoms with van der Waals surface area (Å²) in [5, 5.41) is 18.0. The molecule has 0 aliphatic heterocycles. The van der Waals surface area contributed by atoms with Gasteiger partial charge in [0, 0.05) is 0 Å². The Hall–Kier alpha value is -4.98. The van der Waals surface area contributed by atoms with E-state index >= 15 is 0 Å². The van der Waals surface area contributed by atoms with Crippen LogP contribution in [0.4, 0.5) is 0 Å². The van der Waals surface area contributed by atoms with Gasteiger partial charge in [-0.05, 0) is 84.9 Å². The van der Waals surface area contributed by atoms with Crippen LogP contribution < -0.4 is 9.47 Å². The molecular formula is C28H22N6O2. The first-order valence-electron chi connectivity index (χ1n) is 11.6. The van der Waals surface area contributed by atoms with Crippen molar-refractivity contribution in [2.75, 3.05) is 13.2 Å². The van der Waals surface area contributed by atoms with Crippen molar-refractivity contribution >= 4 is 22.1 Å². The van der Waals surface area contributed by atoms with E-state index in [0.717, 1.165) is 44.9 Å². The lowest BCUT2D eigenvalue weighted by Gasteiger charge is -2.06. The van der Waals surface area contributed by atoms with E-state index < -0.39 is 0 Å². The summed E-state index contributed by atoms with van der Waals surface area (Å²) >= 11 is 0. The molecule has 0 bridgehead atoms. The Kier molecular flexibility index (Phi) is 5.81. The molecule has 4 aromatic carbocycles. The second kappa shape index (κ2) is 9.71. The van der Waals surface area contributed by atoms with E-state index in [-0.39, 0.29) is 0 Å². The molecule has 8 heteroatoms. The molecule has 6 aromatic rings. The van der Waals surface area contributed by atoms with E-state index in [4.69, 9.17) is 9.47 Å². The zero-order valence-electron chi connectivity index (χ0n) is 19.3. The summed E-state index contributed by atoms with van der Waals surface area (Å²) < 4.78 is 11.6. The molecule has 6 rings (SSSR count). The summed E-state index contributed by atoms with van der Waals surface area (Å²) in [5.41, 5.74) is 5.22. The second-order valence-corrected chi connectivity index (χ2v) is 8.04. The van der Waals surface area contributed by atoms with Gasteiger partial charge in [-0.3, -0.25) is 0 Å². The van der Waals surface area contributed by atoms with Crippen molar-refractivity contribution in [3.05, 3.63) is 109 Å². The van der Waals surface area contributed by atoms with Crippen molar-refractivity contribution in [2.24, 2.45) is 0 Å². The third-order valence-electron chi connectivity index (χ3n) is 5.57. The van der Waals surface area contributed by atoms with Crippen molar-refractivity contribution in [1.82, 2.24) is 30.0 Å². The monoisotopic (exact) mass is 474 g/mol. The van der Waals surface area contributed by atoms with E-state index in [9.17, 15) is 0 Å². The fourth-order valence-corrected chi connectivity index (χ4v) is 3.73. The molecule has 0 aliphatic rings. The van der Waals surface area contributed by atoms with Crippen LogP contribution in [-0.2, 0) is 0 Å². The number of hydrogen-bond acceptors (Lipinski definition) is 6. The fraction of sp³-hybridized carbons (Fsp3) is 0.0714. The number of fused-ring (bicyclic) bond motifs is 2. The maximum Gasteiger partial charge on any atom is 0.119 e. The summed E-state index contributed by atoms with van der Waals surface area (Å²) in [7, 11) is 0. The third-order valence-corrected chi connectivity index (χ3v) is 5.57. The first kappa shape index (κ1) is 21.5. The molecule has 0 spiro atoms. The smallest absolute Gasteiger partial charge is 0.119 e. The number of hydrogen-bond donors (Lipinski definition) is 0. The van der Waals surface area contributed by atoms with Gasteiger partial charge in [0.05, 0.1) is 11.4 Å². The van der Waals surface area contributed by atoms with Gasteiger partial charge in [-0.1, -0.05) is 24.3 Å². The lowest BCUT2D eigenvalue weighted by molar-refractivity contribution is 0.350. The normalized spacial score (nSPS) is 11.4. The van der Waals surface area contributed by atoms with E-state index in [1.54, 1.807) is 9.59 Å². The Morgan fingerprint density at radius 1 is 0.472 bits per heavy atom. The van der Waals surface area contributed by atoms with Crippen molar-refractivity contribution in [3.63, 3.8) is 0 Å². The highest BCUT2D eigenvalue weighted by Gasteiger charge is 2.05. The van der Waals surface area contributed by atoms with Crippen LogP contribution in [0.2, 0.25) is 0 Å². The second-order valence-electron chi connectivity index (χ2n) is 8.04. The molecule has 0 saturated heterocycles. The van der Waals surface area contributed by atoms with Crippen LogP contribution >= 0.6 is 0 Å². The third kappa shape index (κ3) is 4.65. The molecule has 0 fully saturated rings. The first-order chi connectivity index (χ1) is 17.8. The van der Waals surface area contributed by atoms with Gasteiger partial charge in [0.1, 0.15) is 46.8 Å². The minimum atomic E-state index is 0.448. The van der Waals surface area contributed by atoms with Crippen LogP contribution in [0.5, 0.6) is 11.5 Å². The topological polar surface area (TPSA) is 79.9 Å². The molecule has 0 atom stereocenters. The van der Waals surface area contributed by atoms with Gasteiger partial charge in [-0.2, -0.15) is 9.59 Å². The molecule has 0 radical (unpaired) electrons. The van der Waals surface area contributed by atoms with Gasteiger partial charge in [0.15, 0.2) is 0 Å². The van der Waals surface area contributed by atoms with Gasteiger partial charge < -0.3 is 9.47 Å². The van der Waals surface area contributed by atoms with Gasteiger partial charge in [-0.15, -0.1) is 20.4 Å². The number of rotatable bonds is 8. The first-order valence-corrected chi connectivity index (χ1v) is 11.6. The molecular weight excluding hydrogens is 452 g/mol. The van der Waals surface area contributed by atoms with Crippen LogP contribution in [0.25, 0.3) is 33.4 Å². The van der Waals surface area contributed by atoms with E-state index in [1.165, 1.54) is 0 Å². The molecule has 2 aromatic heterocycles. The van der Waals surface area contributed by atoms with Gasteiger partial charge >= 0.3 is 0 Å². The van der Waals surface area contributed by atoms with Crippen LogP contribution in [0, 0.1) is 0 Å². The van der Waals surface area contributed by atoms with E-state index in [2.05, 4.69) is 20.4 Å². The van der Waals surface area contributed by atoms with Crippen LogP contribution in [0.1, 0.15) is 0 Å². The highest BCUT2D eigenvalue weighted by Crippen LogP contribution is 2.18. The quantitative estimate of drug-likeness (QED) is 0.283. The standard InChI is InChI=1S/C28H22N6O2/c1-2-8-26-25(7-1)29-33(30-26)21-11-15-23(16-12-21)35-19-5-6-20-36-24-17-13-22(14-18-24)34-31-27-9-3-4-10-28(27)32-34/h1-18H,19-20H2. The minimum absolute atomic E-state index is 0.448. The molecule has 0 amide bonds. The van der Waals surface area contributed by atoms with Crippen LogP contribution in [0.15, 0.2) is 109 Å². The minimum Gasteiger partial charge on any atom is -0.490 e. The predicted octanol–water partition coefficient (Wildman–Crippen LogP) is 5.17. The van der Waals surface area contributed by atoms with Crippen molar-refractivity contribution < 1.29 is 9.47 Å². The average Bonchev–Trinajstić information content (AvgIpc) is 3.56. The summed E-state index contributed by atoms with van der Waals surface area (Å²) in [6.45, 7) is 0.897. The zero-order valence-corrected chi connectivity index (χ0v) is 19.3. The number of nitrogens with zero attached hydrogens (tertiary/aromatic N) is 6. The van der Waals surface area contributed by atoms with Crippen LogP contribution in [-0.4, -0.2) is 43.2 Å². The molecule has 8 nitrogen and oxygen atoms in total. The SMILES string of the molecule is C(=CCOc1ccc(-n2nc3ccccc3n2)cc1)COc1ccc(-n2nc3ccccc3n2)cc1.